The minimum atomic E-state index is 1.02. The molecule has 5 rings (SSSR count). The van der Waals surface area contributed by atoms with E-state index in [0.717, 1.165) is 27.1 Å². The van der Waals surface area contributed by atoms with Gasteiger partial charge in [0.15, 0.2) is 0 Å². The molecular formula is C21H15N3S2. The molecule has 0 aliphatic rings. The summed E-state index contributed by atoms with van der Waals surface area (Å²) in [6.45, 7) is 2.11. The Morgan fingerprint density at radius 1 is 0.923 bits per heavy atom. The Labute approximate surface area is 159 Å². The second kappa shape index (κ2) is 6.20. The number of pyridine rings is 1. The summed E-state index contributed by atoms with van der Waals surface area (Å²) in [5.74, 6) is 0. The summed E-state index contributed by atoms with van der Waals surface area (Å²) in [6.07, 6.45) is 1.86. The fourth-order valence-electron chi connectivity index (χ4n) is 3.00. The first kappa shape index (κ1) is 15.5. The number of hydrogen-bond donors (Lipinski definition) is 1. The maximum absolute atomic E-state index is 4.56. The Morgan fingerprint density at radius 2 is 1.81 bits per heavy atom. The number of fused-ring (bicyclic) bond motifs is 2. The van der Waals surface area contributed by atoms with E-state index in [1.807, 2.05) is 17.8 Å². The van der Waals surface area contributed by atoms with Crippen LogP contribution in [0.1, 0.15) is 5.56 Å². The normalized spacial score (nSPS) is 11.3. The van der Waals surface area contributed by atoms with E-state index >= 15 is 0 Å². The number of anilines is 2. The van der Waals surface area contributed by atoms with Gasteiger partial charge in [-0.3, -0.25) is 0 Å². The number of nitrogens with one attached hydrogen (secondary N) is 1. The highest BCUT2D eigenvalue weighted by molar-refractivity contribution is 7.22. The molecule has 0 amide bonds. The molecule has 5 aromatic rings. The van der Waals surface area contributed by atoms with Gasteiger partial charge in [-0.2, -0.15) is 0 Å². The molecule has 0 aliphatic carbocycles. The van der Waals surface area contributed by atoms with Crippen molar-refractivity contribution in [1.29, 1.82) is 0 Å². The molecule has 5 heteroatoms. The monoisotopic (exact) mass is 373 g/mol. The third-order valence-electron chi connectivity index (χ3n) is 4.38. The van der Waals surface area contributed by atoms with E-state index in [1.165, 1.54) is 20.7 Å². The Balaban J connectivity index is 1.56. The molecule has 3 aromatic heterocycles. The molecular weight excluding hydrogens is 358 g/mol. The molecule has 0 spiro atoms. The van der Waals surface area contributed by atoms with E-state index in [2.05, 4.69) is 70.7 Å². The molecule has 0 atom stereocenters. The van der Waals surface area contributed by atoms with Gasteiger partial charge in [0.1, 0.15) is 4.83 Å². The summed E-state index contributed by atoms with van der Waals surface area (Å²) >= 11 is 3.38. The van der Waals surface area contributed by atoms with Gasteiger partial charge in [0.2, 0.25) is 0 Å². The number of aromatic nitrogens is 2. The minimum Gasteiger partial charge on any atom is -0.355 e. The molecule has 1 N–H and O–H groups in total. The van der Waals surface area contributed by atoms with Crippen molar-refractivity contribution in [1.82, 2.24) is 9.97 Å². The van der Waals surface area contributed by atoms with Gasteiger partial charge in [-0.05, 0) is 42.8 Å². The third kappa shape index (κ3) is 2.75. The molecule has 0 saturated heterocycles. The summed E-state index contributed by atoms with van der Waals surface area (Å²) in [4.78, 5) is 11.2. The van der Waals surface area contributed by atoms with E-state index in [0.29, 0.717) is 0 Å². The Morgan fingerprint density at radius 3 is 2.69 bits per heavy atom. The van der Waals surface area contributed by atoms with Gasteiger partial charge in [0.25, 0.3) is 0 Å². The molecule has 126 valence electrons. The summed E-state index contributed by atoms with van der Waals surface area (Å²) in [6, 6.07) is 19.2. The van der Waals surface area contributed by atoms with Crippen LogP contribution in [0.5, 0.6) is 0 Å². The van der Waals surface area contributed by atoms with E-state index in [4.69, 9.17) is 0 Å². The van der Waals surface area contributed by atoms with Crippen molar-refractivity contribution in [3.05, 3.63) is 71.9 Å². The largest absolute Gasteiger partial charge is 0.355 e. The number of rotatable bonds is 3. The minimum absolute atomic E-state index is 1.02. The van der Waals surface area contributed by atoms with Crippen molar-refractivity contribution < 1.29 is 0 Å². The number of hydrogen-bond acceptors (Lipinski definition) is 5. The number of nitrogens with zero attached hydrogens (tertiary/aromatic N) is 2. The van der Waals surface area contributed by atoms with Gasteiger partial charge in [-0.25, -0.2) is 9.97 Å². The van der Waals surface area contributed by atoms with Crippen molar-refractivity contribution in [3.8, 4) is 10.4 Å². The SMILES string of the molecule is Cc1ccc(-c2cc3c(Nc4ccc5scnc5c4)ccnc3s2)cc1. The van der Waals surface area contributed by atoms with Crippen LogP contribution in [-0.2, 0) is 0 Å². The topological polar surface area (TPSA) is 37.8 Å². The van der Waals surface area contributed by atoms with Crippen molar-refractivity contribution in [2.24, 2.45) is 0 Å². The number of thiazole rings is 1. The van der Waals surface area contributed by atoms with E-state index in [1.54, 1.807) is 22.7 Å². The highest BCUT2D eigenvalue weighted by Gasteiger charge is 2.10. The molecule has 2 aromatic carbocycles. The fraction of sp³-hybridized carbons (Fsp3) is 0.0476. The molecule has 26 heavy (non-hydrogen) atoms. The van der Waals surface area contributed by atoms with Gasteiger partial charge in [-0.15, -0.1) is 22.7 Å². The first-order chi connectivity index (χ1) is 12.8. The van der Waals surface area contributed by atoms with Crippen LogP contribution in [0.4, 0.5) is 11.4 Å². The molecule has 3 nitrogen and oxygen atoms in total. The average Bonchev–Trinajstić information content (AvgIpc) is 3.29. The predicted molar refractivity (Wildman–Crippen MR) is 113 cm³/mol. The Kier molecular flexibility index (Phi) is 3.69. The van der Waals surface area contributed by atoms with E-state index < -0.39 is 0 Å². The predicted octanol–water partition coefficient (Wildman–Crippen LogP) is 6.63. The van der Waals surface area contributed by atoms with Crippen molar-refractivity contribution in [2.75, 3.05) is 5.32 Å². The van der Waals surface area contributed by atoms with Crippen molar-refractivity contribution in [2.45, 2.75) is 6.92 Å². The van der Waals surface area contributed by atoms with Crippen LogP contribution in [0.2, 0.25) is 0 Å². The average molecular weight is 374 g/mol. The number of benzene rings is 2. The molecule has 0 unspecified atom stereocenters. The van der Waals surface area contributed by atoms with Crippen molar-refractivity contribution in [3.63, 3.8) is 0 Å². The lowest BCUT2D eigenvalue weighted by Gasteiger charge is -2.07. The van der Waals surface area contributed by atoms with Gasteiger partial charge in [0.05, 0.1) is 21.4 Å². The molecule has 3 heterocycles. The van der Waals surface area contributed by atoms with Crippen molar-refractivity contribution >= 4 is 54.5 Å². The summed E-state index contributed by atoms with van der Waals surface area (Å²) < 4.78 is 1.20. The van der Waals surface area contributed by atoms with E-state index in [-0.39, 0.29) is 0 Å². The summed E-state index contributed by atoms with van der Waals surface area (Å²) in [5.41, 5.74) is 7.52. The smallest absolute Gasteiger partial charge is 0.125 e. The second-order valence-electron chi connectivity index (χ2n) is 6.21. The standard InChI is InChI=1S/C21H15N3S2/c1-13-2-4-14(5-3-13)20-11-16-17(8-9-22-21(16)26-20)24-15-6-7-19-18(10-15)23-12-25-19/h2-12H,1H3,(H,22,24). The highest BCUT2D eigenvalue weighted by Crippen LogP contribution is 2.37. The lowest BCUT2D eigenvalue weighted by Crippen LogP contribution is -1.91. The van der Waals surface area contributed by atoms with Gasteiger partial charge < -0.3 is 5.32 Å². The molecule has 0 fully saturated rings. The zero-order valence-corrected chi connectivity index (χ0v) is 15.7. The van der Waals surface area contributed by atoms with Crippen LogP contribution in [0.25, 0.3) is 30.9 Å². The summed E-state index contributed by atoms with van der Waals surface area (Å²) in [5, 5.41) is 4.68. The van der Waals surface area contributed by atoms with Gasteiger partial charge >= 0.3 is 0 Å². The molecule has 0 radical (unpaired) electrons. The summed E-state index contributed by atoms with van der Waals surface area (Å²) in [7, 11) is 0. The van der Waals surface area contributed by atoms with Crippen LogP contribution in [-0.4, -0.2) is 9.97 Å². The second-order valence-corrected chi connectivity index (χ2v) is 8.13. The Hall–Kier alpha value is -2.76. The molecule has 0 aliphatic heterocycles. The maximum Gasteiger partial charge on any atom is 0.125 e. The van der Waals surface area contributed by atoms with Gasteiger partial charge in [0, 0.05) is 22.1 Å². The van der Waals surface area contributed by atoms with Crippen LogP contribution >= 0.6 is 22.7 Å². The Bertz CT molecular complexity index is 1220. The number of aryl methyl sites for hydroxylation is 1. The third-order valence-corrected chi connectivity index (χ3v) is 6.28. The first-order valence-electron chi connectivity index (χ1n) is 8.32. The van der Waals surface area contributed by atoms with Crippen LogP contribution in [0.3, 0.4) is 0 Å². The lowest BCUT2D eigenvalue weighted by molar-refractivity contribution is 1.43. The lowest BCUT2D eigenvalue weighted by atomic mass is 10.1. The van der Waals surface area contributed by atoms with E-state index in [9.17, 15) is 0 Å². The van der Waals surface area contributed by atoms with Crippen LogP contribution in [0, 0.1) is 6.92 Å². The van der Waals surface area contributed by atoms with Gasteiger partial charge in [-0.1, -0.05) is 29.8 Å². The zero-order chi connectivity index (χ0) is 17.5. The highest BCUT2D eigenvalue weighted by atomic mass is 32.1. The zero-order valence-electron chi connectivity index (χ0n) is 14.1. The number of thiophene rings is 1. The first-order valence-corrected chi connectivity index (χ1v) is 10.0. The molecule has 0 bridgehead atoms. The maximum atomic E-state index is 4.56. The van der Waals surface area contributed by atoms with Crippen LogP contribution in [0.15, 0.2) is 66.3 Å². The quantitative estimate of drug-likeness (QED) is 0.386. The van der Waals surface area contributed by atoms with Crippen LogP contribution < -0.4 is 5.32 Å². The molecule has 0 saturated carbocycles. The fourth-order valence-corrected chi connectivity index (χ4v) is 4.69.